The molecule has 2 rings (SSSR count). The molecule has 112 valence electrons. The van der Waals surface area contributed by atoms with Crippen LogP contribution in [0.1, 0.15) is 19.8 Å². The van der Waals surface area contributed by atoms with E-state index in [1.54, 1.807) is 0 Å². The van der Waals surface area contributed by atoms with Gasteiger partial charge in [-0.25, -0.2) is 0 Å². The molecular weight excluding hydrogens is 262 g/mol. The van der Waals surface area contributed by atoms with Crippen LogP contribution < -0.4 is 14.8 Å². The molecule has 0 amide bonds. The summed E-state index contributed by atoms with van der Waals surface area (Å²) >= 11 is 0. The average Bonchev–Trinajstić information content (AvgIpc) is 2.51. The van der Waals surface area contributed by atoms with Gasteiger partial charge in [0.25, 0.3) is 0 Å². The maximum Gasteiger partial charge on any atom is 0.127 e. The Labute approximate surface area is 126 Å². The molecule has 3 nitrogen and oxygen atoms in total. The second-order valence-electron chi connectivity index (χ2n) is 5.06. The van der Waals surface area contributed by atoms with E-state index in [1.807, 2.05) is 61.6 Å². The molecule has 0 aliphatic rings. The van der Waals surface area contributed by atoms with Crippen LogP contribution in [-0.2, 0) is 0 Å². The van der Waals surface area contributed by atoms with E-state index in [0.717, 1.165) is 36.6 Å². The summed E-state index contributed by atoms with van der Waals surface area (Å²) in [6.07, 6.45) is 2.38. The van der Waals surface area contributed by atoms with Gasteiger partial charge in [0.2, 0.25) is 0 Å². The van der Waals surface area contributed by atoms with Crippen LogP contribution in [-0.4, -0.2) is 19.7 Å². The van der Waals surface area contributed by atoms with Crippen molar-refractivity contribution in [3.63, 3.8) is 0 Å². The quantitative estimate of drug-likeness (QED) is 0.736. The number of nitrogens with one attached hydrogen (secondary N) is 1. The molecule has 0 aliphatic carbocycles. The SMILES string of the molecule is CNCCCC(C)Oc1ccc(Oc2ccccc2)cc1. The third-order valence-corrected chi connectivity index (χ3v) is 3.18. The first-order chi connectivity index (χ1) is 10.3. The van der Waals surface area contributed by atoms with Crippen LogP contribution in [0, 0.1) is 0 Å². The predicted molar refractivity (Wildman–Crippen MR) is 86.2 cm³/mol. The molecule has 1 atom stereocenters. The fourth-order valence-electron chi connectivity index (χ4n) is 2.07. The normalized spacial score (nSPS) is 11.9. The molecule has 0 bridgehead atoms. The highest BCUT2D eigenvalue weighted by atomic mass is 16.5. The maximum absolute atomic E-state index is 5.88. The smallest absolute Gasteiger partial charge is 0.127 e. The number of para-hydroxylation sites is 1. The van der Waals surface area contributed by atoms with Gasteiger partial charge in [0.1, 0.15) is 17.2 Å². The van der Waals surface area contributed by atoms with Gasteiger partial charge in [-0.2, -0.15) is 0 Å². The van der Waals surface area contributed by atoms with Gasteiger partial charge >= 0.3 is 0 Å². The third-order valence-electron chi connectivity index (χ3n) is 3.18. The van der Waals surface area contributed by atoms with Crippen molar-refractivity contribution in [2.75, 3.05) is 13.6 Å². The molecule has 0 aliphatic heterocycles. The van der Waals surface area contributed by atoms with E-state index >= 15 is 0 Å². The van der Waals surface area contributed by atoms with Crippen molar-refractivity contribution < 1.29 is 9.47 Å². The van der Waals surface area contributed by atoms with Crippen molar-refractivity contribution in [2.45, 2.75) is 25.9 Å². The van der Waals surface area contributed by atoms with E-state index in [2.05, 4.69) is 12.2 Å². The summed E-state index contributed by atoms with van der Waals surface area (Å²) in [4.78, 5) is 0. The summed E-state index contributed by atoms with van der Waals surface area (Å²) in [6.45, 7) is 3.13. The van der Waals surface area contributed by atoms with E-state index in [4.69, 9.17) is 9.47 Å². The molecule has 1 N–H and O–H groups in total. The van der Waals surface area contributed by atoms with Crippen molar-refractivity contribution in [2.24, 2.45) is 0 Å². The van der Waals surface area contributed by atoms with Crippen LogP contribution in [0.5, 0.6) is 17.2 Å². The summed E-state index contributed by atoms with van der Waals surface area (Å²) in [5, 5.41) is 3.15. The maximum atomic E-state index is 5.88. The molecule has 0 fully saturated rings. The molecular formula is C18H23NO2. The molecule has 0 radical (unpaired) electrons. The van der Waals surface area contributed by atoms with E-state index in [1.165, 1.54) is 0 Å². The highest BCUT2D eigenvalue weighted by Crippen LogP contribution is 2.24. The fraction of sp³-hybridized carbons (Fsp3) is 0.333. The Hall–Kier alpha value is -2.00. The molecule has 2 aromatic rings. The predicted octanol–water partition coefficient (Wildman–Crippen LogP) is 4.25. The first-order valence-corrected chi connectivity index (χ1v) is 7.42. The molecule has 2 aromatic carbocycles. The van der Waals surface area contributed by atoms with E-state index in [0.29, 0.717) is 0 Å². The first kappa shape index (κ1) is 15.4. The summed E-state index contributed by atoms with van der Waals surface area (Å²) in [5.74, 6) is 2.54. The topological polar surface area (TPSA) is 30.5 Å². The Kier molecular flexibility index (Phi) is 6.10. The summed E-state index contributed by atoms with van der Waals surface area (Å²) in [5.41, 5.74) is 0. The minimum Gasteiger partial charge on any atom is -0.491 e. The monoisotopic (exact) mass is 285 g/mol. The van der Waals surface area contributed by atoms with Crippen LogP contribution in [0.2, 0.25) is 0 Å². The molecule has 0 heterocycles. The number of ether oxygens (including phenoxy) is 2. The van der Waals surface area contributed by atoms with Gasteiger partial charge in [-0.15, -0.1) is 0 Å². The molecule has 0 saturated carbocycles. The number of benzene rings is 2. The van der Waals surface area contributed by atoms with Crippen molar-refractivity contribution in [3.05, 3.63) is 54.6 Å². The molecule has 0 aromatic heterocycles. The van der Waals surface area contributed by atoms with Gasteiger partial charge in [-0.3, -0.25) is 0 Å². The fourth-order valence-corrected chi connectivity index (χ4v) is 2.07. The minimum atomic E-state index is 0.222. The second-order valence-corrected chi connectivity index (χ2v) is 5.06. The zero-order valence-corrected chi connectivity index (χ0v) is 12.7. The van der Waals surface area contributed by atoms with Gasteiger partial charge in [-0.05, 0) is 69.8 Å². The highest BCUT2D eigenvalue weighted by molar-refractivity contribution is 5.35. The van der Waals surface area contributed by atoms with Gasteiger partial charge in [0, 0.05) is 0 Å². The van der Waals surface area contributed by atoms with E-state index in [9.17, 15) is 0 Å². The second kappa shape index (κ2) is 8.32. The molecule has 0 saturated heterocycles. The average molecular weight is 285 g/mol. The Bertz CT molecular complexity index is 511. The van der Waals surface area contributed by atoms with Crippen LogP contribution in [0.3, 0.4) is 0 Å². The summed E-state index contributed by atoms with van der Waals surface area (Å²) < 4.78 is 11.6. The Balaban J connectivity index is 1.84. The highest BCUT2D eigenvalue weighted by Gasteiger charge is 2.04. The standard InChI is InChI=1S/C18H23NO2/c1-15(7-6-14-19-2)20-17-10-12-18(13-11-17)21-16-8-4-3-5-9-16/h3-5,8-13,15,19H,6-7,14H2,1-2H3. The zero-order chi connectivity index (χ0) is 14.9. The zero-order valence-electron chi connectivity index (χ0n) is 12.7. The van der Waals surface area contributed by atoms with Crippen molar-refractivity contribution in [3.8, 4) is 17.2 Å². The van der Waals surface area contributed by atoms with Crippen molar-refractivity contribution >= 4 is 0 Å². The lowest BCUT2D eigenvalue weighted by Crippen LogP contribution is -2.15. The molecule has 0 spiro atoms. The summed E-state index contributed by atoms with van der Waals surface area (Å²) in [6, 6.07) is 17.5. The number of hydrogen-bond donors (Lipinski definition) is 1. The van der Waals surface area contributed by atoms with Gasteiger partial charge in [-0.1, -0.05) is 18.2 Å². The Morgan fingerprint density at radius 2 is 1.52 bits per heavy atom. The number of rotatable bonds is 8. The van der Waals surface area contributed by atoms with Gasteiger partial charge in [0.05, 0.1) is 6.10 Å². The molecule has 21 heavy (non-hydrogen) atoms. The minimum absolute atomic E-state index is 0.222. The first-order valence-electron chi connectivity index (χ1n) is 7.42. The largest absolute Gasteiger partial charge is 0.491 e. The van der Waals surface area contributed by atoms with Crippen LogP contribution in [0.15, 0.2) is 54.6 Å². The Morgan fingerprint density at radius 3 is 2.19 bits per heavy atom. The van der Waals surface area contributed by atoms with Crippen LogP contribution >= 0.6 is 0 Å². The molecule has 3 heteroatoms. The van der Waals surface area contributed by atoms with Gasteiger partial charge in [0.15, 0.2) is 0 Å². The lowest BCUT2D eigenvalue weighted by atomic mass is 10.2. The van der Waals surface area contributed by atoms with Crippen LogP contribution in [0.25, 0.3) is 0 Å². The lowest BCUT2D eigenvalue weighted by Gasteiger charge is -2.15. The Morgan fingerprint density at radius 1 is 0.905 bits per heavy atom. The summed E-state index contributed by atoms with van der Waals surface area (Å²) in [7, 11) is 1.97. The number of hydrogen-bond acceptors (Lipinski definition) is 3. The van der Waals surface area contributed by atoms with Crippen molar-refractivity contribution in [1.82, 2.24) is 5.32 Å². The van der Waals surface area contributed by atoms with Crippen molar-refractivity contribution in [1.29, 1.82) is 0 Å². The molecule has 1 unspecified atom stereocenters. The third kappa shape index (κ3) is 5.48. The van der Waals surface area contributed by atoms with E-state index in [-0.39, 0.29) is 6.10 Å². The van der Waals surface area contributed by atoms with Crippen LogP contribution in [0.4, 0.5) is 0 Å². The van der Waals surface area contributed by atoms with E-state index < -0.39 is 0 Å². The lowest BCUT2D eigenvalue weighted by molar-refractivity contribution is 0.207. The van der Waals surface area contributed by atoms with Gasteiger partial charge < -0.3 is 14.8 Å².